The van der Waals surface area contributed by atoms with Gasteiger partial charge in [-0.3, -0.25) is 0 Å². The minimum atomic E-state index is 0.521. The monoisotopic (exact) mass is 228 g/mol. The zero-order chi connectivity index (χ0) is 12.0. The predicted molar refractivity (Wildman–Crippen MR) is 68.8 cm³/mol. The van der Waals surface area contributed by atoms with E-state index in [1.54, 1.807) is 7.11 Å². The van der Waals surface area contributed by atoms with E-state index in [0.717, 1.165) is 25.1 Å². The van der Waals surface area contributed by atoms with Gasteiger partial charge >= 0.3 is 0 Å². The standard InChI is InChI=1S/C13H28N2O/c1-5-14-13-8-6-7-12(13)9-15(3)11(2)10-16-4/h11-14H,5-10H2,1-4H3. The van der Waals surface area contributed by atoms with Crippen molar-refractivity contribution in [2.24, 2.45) is 5.92 Å². The van der Waals surface area contributed by atoms with E-state index in [4.69, 9.17) is 4.74 Å². The Morgan fingerprint density at radius 1 is 1.44 bits per heavy atom. The van der Waals surface area contributed by atoms with Crippen molar-refractivity contribution >= 4 is 0 Å². The molecule has 3 unspecified atom stereocenters. The predicted octanol–water partition coefficient (Wildman–Crippen LogP) is 1.73. The Labute approximate surface area is 101 Å². The van der Waals surface area contributed by atoms with Gasteiger partial charge in [0.1, 0.15) is 0 Å². The zero-order valence-electron chi connectivity index (χ0n) is 11.3. The van der Waals surface area contributed by atoms with Crippen LogP contribution >= 0.6 is 0 Å². The number of nitrogens with zero attached hydrogens (tertiary/aromatic N) is 1. The van der Waals surface area contributed by atoms with Crippen LogP contribution in [-0.4, -0.2) is 50.8 Å². The molecule has 0 saturated heterocycles. The molecule has 0 amide bonds. The molecule has 0 radical (unpaired) electrons. The molecule has 0 aromatic heterocycles. The van der Waals surface area contributed by atoms with Crippen LogP contribution in [0, 0.1) is 5.92 Å². The molecule has 1 rings (SSSR count). The molecule has 3 heteroatoms. The van der Waals surface area contributed by atoms with Gasteiger partial charge in [-0.25, -0.2) is 0 Å². The molecule has 0 heterocycles. The second-order valence-corrected chi connectivity index (χ2v) is 5.10. The van der Waals surface area contributed by atoms with Gasteiger partial charge in [0.2, 0.25) is 0 Å². The maximum Gasteiger partial charge on any atom is 0.0615 e. The van der Waals surface area contributed by atoms with Crippen molar-refractivity contribution in [1.29, 1.82) is 0 Å². The Kier molecular flexibility index (Phi) is 6.32. The molecule has 0 bridgehead atoms. The highest BCUT2D eigenvalue weighted by molar-refractivity contribution is 4.85. The molecule has 1 aliphatic rings. The molecule has 1 aliphatic carbocycles. The molecule has 0 aromatic carbocycles. The number of methoxy groups -OCH3 is 1. The summed E-state index contributed by atoms with van der Waals surface area (Å²) in [6.07, 6.45) is 4.11. The third-order valence-electron chi connectivity index (χ3n) is 3.81. The summed E-state index contributed by atoms with van der Waals surface area (Å²) in [6.45, 7) is 7.56. The van der Waals surface area contributed by atoms with Crippen LogP contribution in [0.1, 0.15) is 33.1 Å². The highest BCUT2D eigenvalue weighted by Crippen LogP contribution is 2.26. The van der Waals surface area contributed by atoms with Crippen molar-refractivity contribution in [3.05, 3.63) is 0 Å². The lowest BCUT2D eigenvalue weighted by atomic mass is 10.0. The number of rotatable bonds is 7. The average Bonchev–Trinajstić information content (AvgIpc) is 2.67. The van der Waals surface area contributed by atoms with E-state index in [9.17, 15) is 0 Å². The van der Waals surface area contributed by atoms with Crippen LogP contribution in [0.2, 0.25) is 0 Å². The van der Waals surface area contributed by atoms with Gasteiger partial charge in [-0.15, -0.1) is 0 Å². The van der Waals surface area contributed by atoms with Gasteiger partial charge in [-0.1, -0.05) is 13.3 Å². The highest BCUT2D eigenvalue weighted by atomic mass is 16.5. The third-order valence-corrected chi connectivity index (χ3v) is 3.81. The van der Waals surface area contributed by atoms with E-state index in [1.807, 2.05) is 0 Å². The second-order valence-electron chi connectivity index (χ2n) is 5.10. The molecule has 0 spiro atoms. The van der Waals surface area contributed by atoms with Gasteiger partial charge in [0.15, 0.2) is 0 Å². The number of hydrogen-bond acceptors (Lipinski definition) is 3. The summed E-state index contributed by atoms with van der Waals surface area (Å²) in [5.41, 5.74) is 0. The average molecular weight is 228 g/mol. The molecular weight excluding hydrogens is 200 g/mol. The first kappa shape index (κ1) is 13.9. The lowest BCUT2D eigenvalue weighted by molar-refractivity contribution is 0.103. The van der Waals surface area contributed by atoms with Gasteiger partial charge in [-0.2, -0.15) is 0 Å². The Morgan fingerprint density at radius 3 is 2.81 bits per heavy atom. The van der Waals surface area contributed by atoms with E-state index in [2.05, 4.69) is 31.1 Å². The molecule has 3 atom stereocenters. The summed E-state index contributed by atoms with van der Waals surface area (Å²) in [7, 11) is 3.99. The van der Waals surface area contributed by atoms with Crippen LogP contribution in [0.3, 0.4) is 0 Å². The fraction of sp³-hybridized carbons (Fsp3) is 1.00. The third kappa shape index (κ3) is 4.04. The fourth-order valence-electron chi connectivity index (χ4n) is 2.70. The molecule has 0 aromatic rings. The first-order valence-electron chi connectivity index (χ1n) is 6.61. The smallest absolute Gasteiger partial charge is 0.0615 e. The van der Waals surface area contributed by atoms with E-state index in [-0.39, 0.29) is 0 Å². The Hall–Kier alpha value is -0.120. The quantitative estimate of drug-likeness (QED) is 0.718. The number of likely N-dealkylation sites (N-methyl/N-ethyl adjacent to an activating group) is 1. The van der Waals surface area contributed by atoms with Crippen molar-refractivity contribution in [2.75, 3.05) is 33.9 Å². The van der Waals surface area contributed by atoms with Crippen LogP contribution < -0.4 is 5.32 Å². The summed E-state index contributed by atoms with van der Waals surface area (Å²) in [5.74, 6) is 0.823. The maximum atomic E-state index is 5.21. The molecule has 0 aliphatic heterocycles. The number of ether oxygens (including phenoxy) is 1. The van der Waals surface area contributed by atoms with Gasteiger partial charge in [0.05, 0.1) is 6.61 Å². The zero-order valence-corrected chi connectivity index (χ0v) is 11.3. The fourth-order valence-corrected chi connectivity index (χ4v) is 2.70. The molecule has 96 valence electrons. The van der Waals surface area contributed by atoms with Gasteiger partial charge in [0, 0.05) is 25.7 Å². The molecule has 1 fully saturated rings. The highest BCUT2D eigenvalue weighted by Gasteiger charge is 2.28. The van der Waals surface area contributed by atoms with Crippen molar-refractivity contribution in [2.45, 2.75) is 45.2 Å². The molecule has 1 N–H and O–H groups in total. The van der Waals surface area contributed by atoms with Crippen LogP contribution in [0.4, 0.5) is 0 Å². The topological polar surface area (TPSA) is 24.5 Å². The van der Waals surface area contributed by atoms with Crippen LogP contribution in [0.15, 0.2) is 0 Å². The molecule has 16 heavy (non-hydrogen) atoms. The Balaban J connectivity index is 2.34. The van der Waals surface area contributed by atoms with E-state index < -0.39 is 0 Å². The molecule has 3 nitrogen and oxygen atoms in total. The Bertz CT molecular complexity index is 187. The maximum absolute atomic E-state index is 5.21. The van der Waals surface area contributed by atoms with E-state index >= 15 is 0 Å². The van der Waals surface area contributed by atoms with Gasteiger partial charge in [0.25, 0.3) is 0 Å². The number of nitrogens with one attached hydrogen (secondary N) is 1. The largest absolute Gasteiger partial charge is 0.383 e. The minimum Gasteiger partial charge on any atom is -0.383 e. The molecular formula is C13H28N2O. The summed E-state index contributed by atoms with van der Waals surface area (Å²) < 4.78 is 5.21. The van der Waals surface area contributed by atoms with Crippen molar-refractivity contribution in [3.63, 3.8) is 0 Å². The summed E-state index contributed by atoms with van der Waals surface area (Å²) in [5, 5.41) is 3.61. The lowest BCUT2D eigenvalue weighted by Gasteiger charge is -2.30. The van der Waals surface area contributed by atoms with Crippen molar-refractivity contribution < 1.29 is 4.74 Å². The van der Waals surface area contributed by atoms with Crippen LogP contribution in [-0.2, 0) is 4.74 Å². The van der Waals surface area contributed by atoms with Crippen molar-refractivity contribution in [1.82, 2.24) is 10.2 Å². The SMILES string of the molecule is CCNC1CCCC1CN(C)C(C)COC. The molecule has 1 saturated carbocycles. The van der Waals surface area contributed by atoms with Gasteiger partial charge in [-0.05, 0) is 39.3 Å². The summed E-state index contributed by atoms with van der Waals surface area (Å²) >= 11 is 0. The van der Waals surface area contributed by atoms with Gasteiger partial charge < -0.3 is 15.0 Å². The summed E-state index contributed by atoms with van der Waals surface area (Å²) in [4.78, 5) is 2.43. The summed E-state index contributed by atoms with van der Waals surface area (Å²) in [6, 6.07) is 1.26. The minimum absolute atomic E-state index is 0.521. The van der Waals surface area contributed by atoms with E-state index in [0.29, 0.717) is 6.04 Å². The van der Waals surface area contributed by atoms with Crippen LogP contribution in [0.25, 0.3) is 0 Å². The first-order chi connectivity index (χ1) is 7.69. The normalized spacial score (nSPS) is 27.6. The van der Waals surface area contributed by atoms with E-state index in [1.165, 1.54) is 25.8 Å². The Morgan fingerprint density at radius 2 is 2.19 bits per heavy atom. The number of hydrogen-bond donors (Lipinski definition) is 1. The second kappa shape index (κ2) is 7.25. The van der Waals surface area contributed by atoms with Crippen LogP contribution in [0.5, 0.6) is 0 Å². The van der Waals surface area contributed by atoms with Crippen molar-refractivity contribution in [3.8, 4) is 0 Å². The first-order valence-corrected chi connectivity index (χ1v) is 6.61. The lowest BCUT2D eigenvalue weighted by Crippen LogP contribution is -2.42.